The van der Waals surface area contributed by atoms with Crippen molar-refractivity contribution in [2.24, 2.45) is 0 Å². The molecule has 1 fully saturated rings. The molecule has 1 heterocycles. The number of phenolic OH excluding ortho intramolecular Hbond substituents is 2. The molecule has 15 nitrogen and oxygen atoms in total. The van der Waals surface area contributed by atoms with E-state index >= 15 is 0 Å². The first-order valence-corrected chi connectivity index (χ1v) is 20.5. The lowest BCUT2D eigenvalue weighted by Crippen LogP contribution is -2.61. The highest BCUT2D eigenvalue weighted by Gasteiger charge is 2.57. The third kappa shape index (κ3) is 7.67. The number of rotatable bonds is 10. The molecule has 15 heteroatoms. The highest BCUT2D eigenvalue weighted by Crippen LogP contribution is 2.57. The Balaban J connectivity index is 1.28. The summed E-state index contributed by atoms with van der Waals surface area (Å²) in [7, 11) is 1.06. The summed E-state index contributed by atoms with van der Waals surface area (Å²) in [5, 5.41) is 36.7. The van der Waals surface area contributed by atoms with Crippen LogP contribution in [0, 0.1) is 0 Å². The summed E-state index contributed by atoms with van der Waals surface area (Å²) in [4.78, 5) is 83.4. The van der Waals surface area contributed by atoms with Gasteiger partial charge < -0.3 is 43.7 Å². The van der Waals surface area contributed by atoms with Crippen molar-refractivity contribution in [1.82, 2.24) is 0 Å². The van der Waals surface area contributed by atoms with Crippen molar-refractivity contribution in [2.75, 3.05) is 7.11 Å². The van der Waals surface area contributed by atoms with E-state index in [9.17, 15) is 44.1 Å². The molecule has 0 saturated carbocycles. The van der Waals surface area contributed by atoms with Gasteiger partial charge in [0, 0.05) is 28.7 Å². The number of aromatic hydroxyl groups is 2. The highest BCUT2D eigenvalue weighted by molar-refractivity contribution is 6.30. The average molecular weight is 871 g/mol. The van der Waals surface area contributed by atoms with E-state index < -0.39 is 118 Å². The smallest absolute Gasteiger partial charge is 0.338 e. The molecule has 1 aliphatic heterocycles. The Kier molecular flexibility index (Phi) is 11.9. The van der Waals surface area contributed by atoms with Gasteiger partial charge in [0.25, 0.3) is 0 Å². The van der Waals surface area contributed by atoms with Crippen LogP contribution >= 0.6 is 0 Å². The van der Waals surface area contributed by atoms with Crippen LogP contribution in [0.2, 0.25) is 0 Å². The van der Waals surface area contributed by atoms with Gasteiger partial charge >= 0.3 is 23.9 Å². The normalized spacial score (nSPS) is 24.6. The maximum atomic E-state index is 14.1. The molecule has 3 aliphatic rings. The Morgan fingerprint density at radius 3 is 1.52 bits per heavy atom. The molecule has 0 unspecified atom stereocenters. The van der Waals surface area contributed by atoms with E-state index in [1.807, 2.05) is 0 Å². The van der Waals surface area contributed by atoms with Crippen LogP contribution in [0.1, 0.15) is 113 Å². The molecular weight excluding hydrogens is 829 g/mol. The van der Waals surface area contributed by atoms with Crippen molar-refractivity contribution in [3.63, 3.8) is 0 Å². The van der Waals surface area contributed by atoms with Gasteiger partial charge in [-0.3, -0.25) is 14.4 Å². The zero-order valence-corrected chi connectivity index (χ0v) is 34.7. The molecule has 8 rings (SSSR count). The molecule has 2 aliphatic carbocycles. The fourth-order valence-electron chi connectivity index (χ4n) is 8.66. The Hall–Kier alpha value is -7.20. The Bertz CT molecular complexity index is 2650. The molecule has 64 heavy (non-hydrogen) atoms. The SMILES string of the molecule is CC[C@@]1(O)C[C@H](O[C@@H]2O[C@@H](C)[C@H](OC(=O)c3ccccc3)[C@@H](OC(=O)c3ccccc3)[C@H]2OC(=O)c2ccccc2)c2c(O)c3c(c(O)c2[C@H]1C(=O)OC)C(=O)c1ccccc1C3=O. The molecule has 5 aromatic rings. The molecule has 5 aromatic carbocycles. The molecule has 0 amide bonds. The van der Waals surface area contributed by atoms with E-state index in [0.717, 1.165) is 7.11 Å². The maximum absolute atomic E-state index is 14.1. The first-order chi connectivity index (χ1) is 30.8. The number of carbonyl (C=O) groups excluding carboxylic acids is 6. The minimum Gasteiger partial charge on any atom is -0.507 e. The number of ether oxygens (including phenoxy) is 6. The standard InChI is InChI=1S/C49H42O15/c1-4-49(58)24-31(32-33(36(49)47(57)59-3)40(53)35-34(39(32)52)37(50)29-22-14-15-23-30(29)38(35)51)61-48-43(64-46(56)28-20-12-7-13-21-28)42(63-45(55)27-18-10-6-11-19-27)41(25(2)60-48)62-44(54)26-16-8-5-9-17-26/h5-23,25,31,36,41-43,48,52-53,58H,4,24H2,1-3H3/t25-,31-,36-,41-,42+,43+,48-,49+/m0/s1. The van der Waals surface area contributed by atoms with E-state index in [4.69, 9.17) is 28.4 Å². The predicted molar refractivity (Wildman–Crippen MR) is 223 cm³/mol. The molecule has 328 valence electrons. The Morgan fingerprint density at radius 2 is 1.06 bits per heavy atom. The second-order valence-corrected chi connectivity index (χ2v) is 15.6. The fraction of sp³-hybridized carbons (Fsp3) is 0.265. The van der Waals surface area contributed by atoms with Crippen LogP contribution in [0.25, 0.3) is 0 Å². The second-order valence-electron chi connectivity index (χ2n) is 15.6. The fourth-order valence-corrected chi connectivity index (χ4v) is 8.66. The molecule has 0 spiro atoms. The first-order valence-electron chi connectivity index (χ1n) is 20.5. The van der Waals surface area contributed by atoms with Gasteiger partial charge in [-0.05, 0) is 49.7 Å². The van der Waals surface area contributed by atoms with Crippen molar-refractivity contribution in [3.05, 3.63) is 165 Å². The number of benzene rings is 5. The van der Waals surface area contributed by atoms with Crippen LogP contribution in [0.5, 0.6) is 11.5 Å². The van der Waals surface area contributed by atoms with Crippen LogP contribution in [0.4, 0.5) is 0 Å². The highest BCUT2D eigenvalue weighted by atomic mass is 16.7. The van der Waals surface area contributed by atoms with Gasteiger partial charge in [-0.2, -0.15) is 0 Å². The van der Waals surface area contributed by atoms with Crippen LogP contribution in [0.15, 0.2) is 115 Å². The van der Waals surface area contributed by atoms with Crippen molar-refractivity contribution >= 4 is 35.4 Å². The zero-order chi connectivity index (χ0) is 45.4. The Morgan fingerprint density at radius 1 is 0.641 bits per heavy atom. The van der Waals surface area contributed by atoms with Gasteiger partial charge in [0.05, 0.1) is 52.7 Å². The topological polar surface area (TPSA) is 218 Å². The second kappa shape index (κ2) is 17.5. The minimum absolute atomic E-state index is 0.0611. The number of hydrogen-bond donors (Lipinski definition) is 3. The van der Waals surface area contributed by atoms with Gasteiger partial charge in [-0.25, -0.2) is 14.4 Å². The predicted octanol–water partition coefficient (Wildman–Crippen LogP) is 6.15. The van der Waals surface area contributed by atoms with Crippen molar-refractivity contribution in [2.45, 2.75) is 75.0 Å². The molecule has 8 atom stereocenters. The largest absolute Gasteiger partial charge is 0.507 e. The number of fused-ring (bicyclic) bond motifs is 3. The van der Waals surface area contributed by atoms with Gasteiger partial charge in [-0.15, -0.1) is 0 Å². The monoisotopic (exact) mass is 870 g/mol. The molecule has 1 saturated heterocycles. The molecule has 0 bridgehead atoms. The summed E-state index contributed by atoms with van der Waals surface area (Å²) in [5.41, 5.74) is -3.94. The summed E-state index contributed by atoms with van der Waals surface area (Å²) >= 11 is 0. The third-order valence-electron chi connectivity index (χ3n) is 11.9. The summed E-state index contributed by atoms with van der Waals surface area (Å²) in [6, 6.07) is 29.4. The third-order valence-corrected chi connectivity index (χ3v) is 11.9. The number of hydrogen-bond acceptors (Lipinski definition) is 15. The van der Waals surface area contributed by atoms with Gasteiger partial charge in [0.15, 0.2) is 36.2 Å². The number of esters is 4. The average Bonchev–Trinajstić information content (AvgIpc) is 3.31. The van der Waals surface area contributed by atoms with Crippen molar-refractivity contribution in [1.29, 1.82) is 0 Å². The van der Waals surface area contributed by atoms with E-state index in [1.54, 1.807) is 61.5 Å². The Labute approximate surface area is 366 Å². The van der Waals surface area contributed by atoms with E-state index in [1.165, 1.54) is 67.6 Å². The van der Waals surface area contributed by atoms with E-state index in [0.29, 0.717) is 0 Å². The number of methoxy groups -OCH3 is 1. The van der Waals surface area contributed by atoms with Crippen molar-refractivity contribution < 1.29 is 72.5 Å². The zero-order valence-electron chi connectivity index (χ0n) is 34.7. The van der Waals surface area contributed by atoms with Gasteiger partial charge in [-0.1, -0.05) is 85.8 Å². The van der Waals surface area contributed by atoms with Crippen LogP contribution in [0.3, 0.4) is 0 Å². The summed E-state index contributed by atoms with van der Waals surface area (Å²) in [5.74, 6) is -8.80. The number of phenols is 2. The van der Waals surface area contributed by atoms with E-state index in [2.05, 4.69) is 0 Å². The molecular formula is C49H42O15. The molecule has 0 radical (unpaired) electrons. The maximum Gasteiger partial charge on any atom is 0.338 e. The number of aliphatic hydroxyl groups is 1. The lowest BCUT2D eigenvalue weighted by molar-refractivity contribution is -0.307. The molecule has 0 aromatic heterocycles. The summed E-state index contributed by atoms with van der Waals surface area (Å²) < 4.78 is 36.3. The van der Waals surface area contributed by atoms with Gasteiger partial charge in [0.1, 0.15) is 17.4 Å². The summed E-state index contributed by atoms with van der Waals surface area (Å²) in [6.07, 6.45) is -10.2. The molecule has 3 N–H and O–H groups in total. The lowest BCUT2D eigenvalue weighted by atomic mass is 9.66. The first kappa shape index (κ1) is 43.4. The van der Waals surface area contributed by atoms with Crippen molar-refractivity contribution in [3.8, 4) is 11.5 Å². The van der Waals surface area contributed by atoms with Gasteiger partial charge in [0.2, 0.25) is 0 Å². The van der Waals surface area contributed by atoms with Crippen LogP contribution < -0.4 is 0 Å². The quantitative estimate of drug-likeness (QED) is 0.0799. The minimum atomic E-state index is -2.12. The summed E-state index contributed by atoms with van der Waals surface area (Å²) in [6.45, 7) is 3.04. The lowest BCUT2D eigenvalue weighted by Gasteiger charge is -2.47. The number of ketones is 2. The number of carbonyl (C=O) groups is 6. The van der Waals surface area contributed by atoms with Crippen LogP contribution in [-0.2, 0) is 33.2 Å². The van der Waals surface area contributed by atoms with Crippen LogP contribution in [-0.4, -0.2) is 94.2 Å². The van der Waals surface area contributed by atoms with E-state index in [-0.39, 0.29) is 39.8 Å².